The number of esters is 4. The highest BCUT2D eigenvalue weighted by Gasteiger charge is 2.56. The van der Waals surface area contributed by atoms with Crippen molar-refractivity contribution in [3.8, 4) is 0 Å². The van der Waals surface area contributed by atoms with Crippen molar-refractivity contribution in [2.24, 2.45) is 5.73 Å². The molecule has 2 rings (SSSR count). The van der Waals surface area contributed by atoms with E-state index in [0.29, 0.717) is 0 Å². The summed E-state index contributed by atoms with van der Waals surface area (Å²) in [6, 6.07) is 2.97. The van der Waals surface area contributed by atoms with Crippen LogP contribution in [0.2, 0.25) is 0 Å². The highest BCUT2D eigenvalue weighted by Crippen LogP contribution is 2.32. The monoisotopic (exact) mass is 453 g/mol. The van der Waals surface area contributed by atoms with Crippen LogP contribution in [0.1, 0.15) is 44.3 Å². The third kappa shape index (κ3) is 6.48. The van der Waals surface area contributed by atoms with Crippen LogP contribution in [-0.4, -0.2) is 60.8 Å². The van der Waals surface area contributed by atoms with E-state index in [-0.39, 0.29) is 12.2 Å². The Balaban J connectivity index is 2.58. The van der Waals surface area contributed by atoms with Crippen LogP contribution in [0.4, 0.5) is 0 Å². The van der Waals surface area contributed by atoms with Gasteiger partial charge in [-0.15, -0.1) is 0 Å². The Kier molecular flexibility index (Phi) is 8.24. The first-order valence-electron chi connectivity index (χ1n) is 9.60. The first-order chi connectivity index (χ1) is 15.0. The van der Waals surface area contributed by atoms with Gasteiger partial charge in [0.15, 0.2) is 24.6 Å². The molecule has 0 bridgehead atoms. The number of rotatable bonds is 7. The lowest BCUT2D eigenvalue weighted by Gasteiger charge is -2.41. The summed E-state index contributed by atoms with van der Waals surface area (Å²) in [5.41, 5.74) is 5.47. The van der Waals surface area contributed by atoms with Crippen LogP contribution >= 0.6 is 0 Å². The molecule has 0 radical (unpaired) electrons. The molecular formula is C20H25N2O10+. The predicted octanol–water partition coefficient (Wildman–Crippen LogP) is -0.671. The average Bonchev–Trinajstić information content (AvgIpc) is 2.68. The van der Waals surface area contributed by atoms with Crippen molar-refractivity contribution >= 4 is 29.8 Å². The second-order valence-electron chi connectivity index (χ2n) is 6.99. The maximum atomic E-state index is 11.8. The summed E-state index contributed by atoms with van der Waals surface area (Å²) in [5, 5.41) is 0. The molecule has 1 aliphatic heterocycles. The SMILES string of the molecule is CC(=O)OCC1OC([n+]2cccc(C(N)=O)c2)C(OC(C)=O)C(OC(C)=O)C1OC(C)=O. The molecule has 1 amide bonds. The van der Waals surface area contributed by atoms with Crippen LogP contribution in [0.25, 0.3) is 0 Å². The second-order valence-corrected chi connectivity index (χ2v) is 6.99. The lowest BCUT2D eigenvalue weighted by Crippen LogP contribution is -2.65. The van der Waals surface area contributed by atoms with Gasteiger partial charge in [-0.3, -0.25) is 24.0 Å². The summed E-state index contributed by atoms with van der Waals surface area (Å²) in [5.74, 6) is -3.54. The third-order valence-corrected chi connectivity index (χ3v) is 4.37. The number of carbonyl (C=O) groups is 5. The highest BCUT2D eigenvalue weighted by molar-refractivity contribution is 5.92. The summed E-state index contributed by atoms with van der Waals surface area (Å²) in [7, 11) is 0. The fourth-order valence-electron chi connectivity index (χ4n) is 3.24. The number of carbonyl (C=O) groups excluding carboxylic acids is 5. The van der Waals surface area contributed by atoms with Crippen molar-refractivity contribution in [3.63, 3.8) is 0 Å². The molecule has 0 spiro atoms. The fraction of sp³-hybridized carbons (Fsp3) is 0.500. The van der Waals surface area contributed by atoms with Crippen molar-refractivity contribution < 1.29 is 52.2 Å². The molecular weight excluding hydrogens is 428 g/mol. The van der Waals surface area contributed by atoms with E-state index in [0.717, 1.165) is 20.8 Å². The number of hydrogen-bond donors (Lipinski definition) is 1. The lowest BCUT2D eigenvalue weighted by molar-refractivity contribution is -0.777. The molecule has 1 fully saturated rings. The lowest BCUT2D eigenvalue weighted by atomic mass is 9.97. The van der Waals surface area contributed by atoms with Gasteiger partial charge in [0.2, 0.25) is 6.10 Å². The molecule has 12 heteroatoms. The fourth-order valence-corrected chi connectivity index (χ4v) is 3.24. The Hall–Kier alpha value is -3.54. The summed E-state index contributed by atoms with van der Waals surface area (Å²) in [4.78, 5) is 58.4. The number of nitrogens with zero attached hydrogens (tertiary/aromatic N) is 1. The number of pyridine rings is 1. The van der Waals surface area contributed by atoms with Crippen molar-refractivity contribution in [2.45, 2.75) is 58.3 Å². The standard InChI is InChI=1S/C20H24N2O10/c1-10(23)28-9-15-16(29-11(2)24)17(30-12(3)25)18(31-13(4)26)20(32-15)22-7-5-6-14(8-22)19(21)27/h5-8,15-18,20H,9H2,1-4H3,(H-,21,27)/p+1. The molecule has 174 valence electrons. The highest BCUT2D eigenvalue weighted by atomic mass is 16.7. The predicted molar refractivity (Wildman–Crippen MR) is 102 cm³/mol. The number of nitrogens with two attached hydrogens (primary N) is 1. The van der Waals surface area contributed by atoms with Crippen molar-refractivity contribution in [2.75, 3.05) is 6.61 Å². The quantitative estimate of drug-likeness (QED) is 0.318. The zero-order valence-corrected chi connectivity index (χ0v) is 18.0. The topological polar surface area (TPSA) is 161 Å². The number of primary amides is 1. The summed E-state index contributed by atoms with van der Waals surface area (Å²) >= 11 is 0. The zero-order valence-electron chi connectivity index (χ0n) is 18.0. The Morgan fingerprint density at radius 3 is 2.00 bits per heavy atom. The Morgan fingerprint density at radius 1 is 0.906 bits per heavy atom. The van der Waals surface area contributed by atoms with E-state index in [9.17, 15) is 24.0 Å². The Bertz CT molecular complexity index is 902. The molecule has 32 heavy (non-hydrogen) atoms. The maximum absolute atomic E-state index is 11.8. The van der Waals surface area contributed by atoms with Crippen LogP contribution in [0.5, 0.6) is 0 Å². The van der Waals surface area contributed by atoms with Crippen molar-refractivity contribution in [1.82, 2.24) is 0 Å². The molecule has 1 aromatic rings. The van der Waals surface area contributed by atoms with Gasteiger partial charge >= 0.3 is 30.1 Å². The van der Waals surface area contributed by atoms with Gasteiger partial charge in [-0.05, 0) is 6.07 Å². The molecule has 2 heterocycles. The van der Waals surface area contributed by atoms with Gasteiger partial charge in [0.25, 0.3) is 5.91 Å². The number of ether oxygens (including phenoxy) is 5. The van der Waals surface area contributed by atoms with Crippen molar-refractivity contribution in [3.05, 3.63) is 30.1 Å². The van der Waals surface area contributed by atoms with E-state index in [1.54, 1.807) is 0 Å². The molecule has 2 N–H and O–H groups in total. The van der Waals surface area contributed by atoms with Crippen LogP contribution < -0.4 is 10.3 Å². The zero-order chi connectivity index (χ0) is 24.0. The molecule has 1 aliphatic rings. The average molecular weight is 453 g/mol. The third-order valence-electron chi connectivity index (χ3n) is 4.37. The second kappa shape index (κ2) is 10.7. The molecule has 1 aromatic heterocycles. The van der Waals surface area contributed by atoms with E-state index in [1.807, 2.05) is 0 Å². The van der Waals surface area contributed by atoms with Gasteiger partial charge in [0.05, 0.1) is 0 Å². The smallest absolute Gasteiger partial charge is 0.304 e. The molecule has 1 saturated heterocycles. The van der Waals surface area contributed by atoms with Crippen LogP contribution in [0.15, 0.2) is 24.5 Å². The van der Waals surface area contributed by atoms with E-state index in [4.69, 9.17) is 29.4 Å². The van der Waals surface area contributed by atoms with E-state index in [2.05, 4.69) is 0 Å². The van der Waals surface area contributed by atoms with Crippen LogP contribution in [0.3, 0.4) is 0 Å². The number of hydrogen-bond acceptors (Lipinski definition) is 10. The van der Waals surface area contributed by atoms with Crippen LogP contribution in [-0.2, 0) is 42.9 Å². The number of aromatic nitrogens is 1. The molecule has 5 unspecified atom stereocenters. The Labute approximate surface area is 183 Å². The van der Waals surface area contributed by atoms with Gasteiger partial charge in [-0.1, -0.05) is 0 Å². The van der Waals surface area contributed by atoms with E-state index < -0.39 is 60.4 Å². The van der Waals surface area contributed by atoms with Gasteiger partial charge in [-0.25, -0.2) is 0 Å². The Morgan fingerprint density at radius 2 is 1.47 bits per heavy atom. The van der Waals surface area contributed by atoms with E-state index in [1.165, 1.54) is 36.0 Å². The molecule has 0 aliphatic carbocycles. The van der Waals surface area contributed by atoms with Gasteiger partial charge in [0, 0.05) is 33.8 Å². The molecule has 0 aromatic carbocycles. The molecule has 0 saturated carbocycles. The minimum Gasteiger partial charge on any atom is -0.463 e. The normalized spacial score (nSPS) is 24.7. The van der Waals surface area contributed by atoms with Gasteiger partial charge in [0.1, 0.15) is 18.3 Å². The van der Waals surface area contributed by atoms with E-state index >= 15 is 0 Å². The molecule has 12 nitrogen and oxygen atoms in total. The maximum Gasteiger partial charge on any atom is 0.304 e. The minimum atomic E-state index is -1.32. The first-order valence-corrected chi connectivity index (χ1v) is 9.60. The first kappa shape index (κ1) is 24.7. The van der Waals surface area contributed by atoms with Gasteiger partial charge < -0.3 is 29.4 Å². The van der Waals surface area contributed by atoms with Gasteiger partial charge in [-0.2, -0.15) is 4.57 Å². The summed E-state index contributed by atoms with van der Waals surface area (Å²) in [6.07, 6.45) is -3.27. The largest absolute Gasteiger partial charge is 0.463 e. The minimum absolute atomic E-state index is 0.125. The summed E-state index contributed by atoms with van der Waals surface area (Å²) in [6.45, 7) is 4.22. The summed E-state index contributed by atoms with van der Waals surface area (Å²) < 4.78 is 28.4. The number of amides is 1. The van der Waals surface area contributed by atoms with Crippen molar-refractivity contribution in [1.29, 1.82) is 0 Å². The van der Waals surface area contributed by atoms with Crippen LogP contribution in [0, 0.1) is 0 Å². The molecule has 5 atom stereocenters.